The predicted octanol–water partition coefficient (Wildman–Crippen LogP) is 4.25. The van der Waals surface area contributed by atoms with Gasteiger partial charge in [0.15, 0.2) is 6.04 Å². The van der Waals surface area contributed by atoms with Crippen molar-refractivity contribution in [3.05, 3.63) is 72.3 Å². The number of carbonyl (C=O) groups is 1. The zero-order valence-electron chi connectivity index (χ0n) is 16.8. The van der Waals surface area contributed by atoms with Crippen molar-refractivity contribution in [1.82, 2.24) is 0 Å². The fourth-order valence-electron chi connectivity index (χ4n) is 3.65. The van der Waals surface area contributed by atoms with E-state index in [1.165, 1.54) is 5.56 Å². The number of rotatable bonds is 6. The molecule has 0 unspecified atom stereocenters. The number of carbonyl (C=O) groups excluding carboxylic acids is 1. The van der Waals surface area contributed by atoms with Crippen LogP contribution in [0.25, 0.3) is 21.9 Å². The van der Waals surface area contributed by atoms with Gasteiger partial charge in [0.2, 0.25) is 0 Å². The Morgan fingerprint density at radius 2 is 1.69 bits per heavy atom. The molecule has 3 aromatic carbocycles. The van der Waals surface area contributed by atoms with Crippen molar-refractivity contribution >= 4 is 33.5 Å². The van der Waals surface area contributed by atoms with E-state index in [4.69, 9.17) is 9.15 Å². The van der Waals surface area contributed by atoms with Gasteiger partial charge in [0, 0.05) is 22.4 Å². The highest BCUT2D eigenvalue weighted by atomic mass is 16.5. The lowest BCUT2D eigenvalue weighted by Crippen LogP contribution is -2.91. The molecule has 0 aliphatic carbocycles. The number of hydrogen-bond acceptors (Lipinski definition) is 3. The van der Waals surface area contributed by atoms with Crippen molar-refractivity contribution in [2.75, 3.05) is 12.4 Å². The molecule has 2 atom stereocenters. The molecule has 29 heavy (non-hydrogen) atoms. The third-order valence-corrected chi connectivity index (χ3v) is 5.27. The third kappa shape index (κ3) is 3.82. The van der Waals surface area contributed by atoms with E-state index in [1.807, 2.05) is 61.5 Å². The second-order valence-corrected chi connectivity index (χ2v) is 7.32. The summed E-state index contributed by atoms with van der Waals surface area (Å²) < 4.78 is 11.5. The maximum absolute atomic E-state index is 12.8. The summed E-state index contributed by atoms with van der Waals surface area (Å²) in [7, 11) is 1.60. The van der Waals surface area contributed by atoms with Crippen LogP contribution in [-0.2, 0) is 4.79 Å². The first-order valence-electron chi connectivity index (χ1n) is 9.77. The minimum Gasteiger partial charge on any atom is -0.495 e. The number of benzene rings is 3. The molecule has 0 saturated carbocycles. The first kappa shape index (κ1) is 19.0. The summed E-state index contributed by atoms with van der Waals surface area (Å²) in [5.41, 5.74) is 3.33. The minimum atomic E-state index is -0.263. The van der Waals surface area contributed by atoms with Crippen LogP contribution in [-0.4, -0.2) is 19.1 Å². The molecule has 148 valence electrons. The van der Waals surface area contributed by atoms with Gasteiger partial charge in [-0.2, -0.15) is 0 Å². The molecule has 1 aromatic heterocycles. The topological polar surface area (TPSA) is 68.1 Å². The Morgan fingerprint density at radius 3 is 2.45 bits per heavy atom. The summed E-state index contributed by atoms with van der Waals surface area (Å²) in [5.74, 6) is 0.530. The maximum atomic E-state index is 12.8. The van der Waals surface area contributed by atoms with Crippen molar-refractivity contribution in [3.63, 3.8) is 0 Å². The molecule has 1 amide bonds. The van der Waals surface area contributed by atoms with Crippen LogP contribution < -0.4 is 15.4 Å². The molecule has 5 nitrogen and oxygen atoms in total. The van der Waals surface area contributed by atoms with E-state index in [0.29, 0.717) is 11.4 Å². The average molecular weight is 389 g/mol. The van der Waals surface area contributed by atoms with Crippen LogP contribution >= 0.6 is 0 Å². The van der Waals surface area contributed by atoms with Crippen molar-refractivity contribution in [1.29, 1.82) is 0 Å². The summed E-state index contributed by atoms with van der Waals surface area (Å²) in [6, 6.07) is 21.7. The van der Waals surface area contributed by atoms with E-state index < -0.39 is 0 Å². The summed E-state index contributed by atoms with van der Waals surface area (Å²) in [4.78, 5) is 12.8. The summed E-state index contributed by atoms with van der Waals surface area (Å²) >= 11 is 0. The molecule has 4 aromatic rings. The molecule has 5 heteroatoms. The number of quaternary nitrogens is 1. The smallest absolute Gasteiger partial charge is 0.282 e. The highest BCUT2D eigenvalue weighted by Crippen LogP contribution is 2.36. The number of furan rings is 1. The van der Waals surface area contributed by atoms with Gasteiger partial charge in [0.25, 0.3) is 5.91 Å². The Labute approximate surface area is 169 Å². The first-order valence-corrected chi connectivity index (χ1v) is 9.77. The Hall–Kier alpha value is -3.31. The number of anilines is 1. The van der Waals surface area contributed by atoms with Crippen LogP contribution in [0.5, 0.6) is 5.75 Å². The van der Waals surface area contributed by atoms with E-state index in [0.717, 1.165) is 21.9 Å². The average Bonchev–Trinajstić information content (AvgIpc) is 3.11. The van der Waals surface area contributed by atoms with Crippen LogP contribution in [0.4, 0.5) is 5.69 Å². The SMILES string of the molecule is COc1cc2c(cc1NC(=O)[C@H](C)[NH2+][C@H](C)c1ccccc1)oc1ccccc12. The Balaban J connectivity index is 1.56. The highest BCUT2D eigenvalue weighted by Gasteiger charge is 2.22. The Morgan fingerprint density at radius 1 is 0.966 bits per heavy atom. The van der Waals surface area contributed by atoms with E-state index in [9.17, 15) is 4.79 Å². The van der Waals surface area contributed by atoms with Crippen LogP contribution in [0, 0.1) is 0 Å². The molecule has 4 rings (SSSR count). The number of amides is 1. The fraction of sp³-hybridized carbons (Fsp3) is 0.208. The lowest BCUT2D eigenvalue weighted by molar-refractivity contribution is -0.709. The largest absolute Gasteiger partial charge is 0.495 e. The lowest BCUT2D eigenvalue weighted by Gasteiger charge is -2.17. The van der Waals surface area contributed by atoms with Crippen molar-refractivity contribution in [3.8, 4) is 5.75 Å². The van der Waals surface area contributed by atoms with Crippen molar-refractivity contribution in [2.45, 2.75) is 25.9 Å². The molecule has 0 saturated heterocycles. The van der Waals surface area contributed by atoms with Crippen molar-refractivity contribution in [2.24, 2.45) is 0 Å². The molecule has 3 N–H and O–H groups in total. The number of ether oxygens (including phenoxy) is 1. The maximum Gasteiger partial charge on any atom is 0.282 e. The second-order valence-electron chi connectivity index (χ2n) is 7.32. The van der Waals surface area contributed by atoms with Gasteiger partial charge in [-0.05, 0) is 26.0 Å². The normalized spacial score (nSPS) is 13.3. The zero-order valence-corrected chi connectivity index (χ0v) is 16.8. The van der Waals surface area contributed by atoms with Crippen LogP contribution in [0.2, 0.25) is 0 Å². The number of nitrogens with one attached hydrogen (secondary N) is 1. The lowest BCUT2D eigenvalue weighted by atomic mass is 10.1. The summed E-state index contributed by atoms with van der Waals surface area (Å²) in [6.45, 7) is 4.00. The van der Waals surface area contributed by atoms with E-state index >= 15 is 0 Å². The summed E-state index contributed by atoms with van der Waals surface area (Å²) in [6.07, 6.45) is 0. The summed E-state index contributed by atoms with van der Waals surface area (Å²) in [5, 5.41) is 7.04. The number of fused-ring (bicyclic) bond motifs is 3. The third-order valence-electron chi connectivity index (χ3n) is 5.27. The number of methoxy groups -OCH3 is 1. The zero-order chi connectivity index (χ0) is 20.4. The van der Waals surface area contributed by atoms with Crippen LogP contribution in [0.1, 0.15) is 25.5 Å². The molecular formula is C24H25N2O3+. The number of hydrogen-bond donors (Lipinski definition) is 2. The van der Waals surface area contributed by atoms with Gasteiger partial charge in [0.05, 0.1) is 12.8 Å². The second kappa shape index (κ2) is 7.97. The molecular weight excluding hydrogens is 364 g/mol. The molecule has 0 aliphatic rings. The standard InChI is InChI=1S/C24H24N2O3/c1-15(17-9-5-4-6-10-17)25-16(2)24(27)26-20-14-22-19(13-23(20)28-3)18-11-7-8-12-21(18)29-22/h4-16,25H,1-3H3,(H,26,27)/p+1/t15-,16+/m1/s1. The van der Waals surface area contributed by atoms with E-state index in [2.05, 4.69) is 29.7 Å². The number of para-hydroxylation sites is 1. The van der Waals surface area contributed by atoms with Gasteiger partial charge in [-0.25, -0.2) is 0 Å². The van der Waals surface area contributed by atoms with Gasteiger partial charge in [-0.3, -0.25) is 4.79 Å². The molecule has 1 heterocycles. The van der Waals surface area contributed by atoms with Crippen LogP contribution in [0.15, 0.2) is 71.1 Å². The van der Waals surface area contributed by atoms with E-state index in [-0.39, 0.29) is 18.0 Å². The Bertz CT molecular complexity index is 1150. The van der Waals surface area contributed by atoms with Gasteiger partial charge in [0.1, 0.15) is 23.0 Å². The first-order chi connectivity index (χ1) is 14.1. The van der Waals surface area contributed by atoms with Crippen LogP contribution in [0.3, 0.4) is 0 Å². The van der Waals surface area contributed by atoms with Gasteiger partial charge < -0.3 is 19.8 Å². The highest BCUT2D eigenvalue weighted by molar-refractivity contribution is 6.08. The molecule has 0 aliphatic heterocycles. The molecule has 0 bridgehead atoms. The minimum absolute atomic E-state index is 0.0819. The van der Waals surface area contributed by atoms with Crippen molar-refractivity contribution < 1.29 is 19.3 Å². The molecule has 0 fully saturated rings. The molecule has 0 radical (unpaired) electrons. The predicted molar refractivity (Wildman–Crippen MR) is 115 cm³/mol. The quantitative estimate of drug-likeness (QED) is 0.518. The molecule has 0 spiro atoms. The van der Waals surface area contributed by atoms with Gasteiger partial charge in [-0.15, -0.1) is 0 Å². The van der Waals surface area contributed by atoms with Gasteiger partial charge >= 0.3 is 0 Å². The fourth-order valence-corrected chi connectivity index (χ4v) is 3.65. The Kier molecular flexibility index (Phi) is 5.23. The van der Waals surface area contributed by atoms with Gasteiger partial charge in [-0.1, -0.05) is 48.5 Å². The monoisotopic (exact) mass is 389 g/mol. The number of nitrogens with two attached hydrogens (primary N) is 1. The van der Waals surface area contributed by atoms with E-state index in [1.54, 1.807) is 7.11 Å².